The number of ether oxygens (including phenoxy) is 1. The van der Waals surface area contributed by atoms with Crippen LogP contribution in [0.3, 0.4) is 0 Å². The zero-order chi connectivity index (χ0) is 11.0. The van der Waals surface area contributed by atoms with Crippen LogP contribution in [0.4, 0.5) is 0 Å². The van der Waals surface area contributed by atoms with Crippen LogP contribution in [0, 0.1) is 0 Å². The summed E-state index contributed by atoms with van der Waals surface area (Å²) in [5, 5.41) is 0. The monoisotopic (exact) mass is 200 g/mol. The lowest BCUT2D eigenvalue weighted by molar-refractivity contribution is 0.0297. The molecule has 0 rings (SSSR count). The lowest BCUT2D eigenvalue weighted by Gasteiger charge is -2.25. The fourth-order valence-electron chi connectivity index (χ4n) is 1.51. The van der Waals surface area contributed by atoms with Crippen molar-refractivity contribution < 1.29 is 4.74 Å². The molecule has 3 nitrogen and oxygen atoms in total. The number of nitrogens with one attached hydrogen (secondary N) is 1. The van der Waals surface area contributed by atoms with Crippen LogP contribution in [0.15, 0.2) is 12.2 Å². The molecule has 0 aromatic carbocycles. The molecule has 0 aliphatic heterocycles. The van der Waals surface area contributed by atoms with E-state index >= 15 is 0 Å². The largest absolute Gasteiger partial charge is 0.377 e. The summed E-state index contributed by atoms with van der Waals surface area (Å²) in [4.78, 5) is 0. The quantitative estimate of drug-likeness (QED) is 0.358. The van der Waals surface area contributed by atoms with Gasteiger partial charge in [-0.1, -0.05) is 12.5 Å². The van der Waals surface area contributed by atoms with Crippen LogP contribution < -0.4 is 11.3 Å². The first-order valence-corrected chi connectivity index (χ1v) is 5.37. The van der Waals surface area contributed by atoms with Crippen LogP contribution >= 0.6 is 0 Å². The standard InChI is InChI=1S/C11H24N2O/c1-5-11(14-6-2)10(13-12)8-7-9(3)4/h10-11,13H,3,5-8,12H2,1-2,4H3. The fraction of sp³-hybridized carbons (Fsp3) is 0.818. The van der Waals surface area contributed by atoms with Crippen molar-refractivity contribution in [3.63, 3.8) is 0 Å². The number of allylic oxidation sites excluding steroid dienone is 1. The first-order valence-electron chi connectivity index (χ1n) is 5.37. The molecule has 3 N–H and O–H groups in total. The molecule has 84 valence electrons. The molecule has 0 saturated carbocycles. The second-order valence-corrected chi connectivity index (χ2v) is 3.67. The van der Waals surface area contributed by atoms with Gasteiger partial charge < -0.3 is 4.74 Å². The van der Waals surface area contributed by atoms with E-state index in [0.717, 1.165) is 25.9 Å². The van der Waals surface area contributed by atoms with Crippen molar-refractivity contribution in [3.05, 3.63) is 12.2 Å². The van der Waals surface area contributed by atoms with Gasteiger partial charge in [0.05, 0.1) is 6.10 Å². The van der Waals surface area contributed by atoms with Gasteiger partial charge in [0, 0.05) is 12.6 Å². The summed E-state index contributed by atoms with van der Waals surface area (Å²) < 4.78 is 5.60. The number of hydrogen-bond acceptors (Lipinski definition) is 3. The Labute approximate surface area is 87.7 Å². The molecule has 0 aliphatic rings. The van der Waals surface area contributed by atoms with E-state index in [1.165, 1.54) is 5.57 Å². The Morgan fingerprint density at radius 2 is 2.14 bits per heavy atom. The van der Waals surface area contributed by atoms with Gasteiger partial charge >= 0.3 is 0 Å². The zero-order valence-electron chi connectivity index (χ0n) is 9.68. The highest BCUT2D eigenvalue weighted by atomic mass is 16.5. The van der Waals surface area contributed by atoms with E-state index in [9.17, 15) is 0 Å². The van der Waals surface area contributed by atoms with E-state index in [1.54, 1.807) is 0 Å². The van der Waals surface area contributed by atoms with E-state index in [-0.39, 0.29) is 12.1 Å². The van der Waals surface area contributed by atoms with Gasteiger partial charge in [-0.25, -0.2) is 0 Å². The molecule has 0 heterocycles. The molecule has 2 atom stereocenters. The van der Waals surface area contributed by atoms with Crippen molar-refractivity contribution in [1.29, 1.82) is 0 Å². The third-order valence-electron chi connectivity index (χ3n) is 2.33. The Bertz CT molecular complexity index is 159. The van der Waals surface area contributed by atoms with Crippen molar-refractivity contribution in [2.45, 2.75) is 52.2 Å². The van der Waals surface area contributed by atoms with Crippen molar-refractivity contribution in [1.82, 2.24) is 5.43 Å². The molecule has 0 fully saturated rings. The van der Waals surface area contributed by atoms with E-state index in [2.05, 4.69) is 18.9 Å². The molecule has 0 radical (unpaired) electrons. The van der Waals surface area contributed by atoms with E-state index in [1.807, 2.05) is 13.8 Å². The Balaban J connectivity index is 4.00. The lowest BCUT2D eigenvalue weighted by atomic mass is 10.0. The normalized spacial score (nSPS) is 15.1. The Morgan fingerprint density at radius 1 is 1.50 bits per heavy atom. The minimum absolute atomic E-state index is 0.212. The molecule has 0 aliphatic carbocycles. The minimum atomic E-state index is 0.212. The second-order valence-electron chi connectivity index (χ2n) is 3.67. The zero-order valence-corrected chi connectivity index (χ0v) is 9.68. The van der Waals surface area contributed by atoms with E-state index in [4.69, 9.17) is 10.6 Å². The Kier molecular flexibility index (Phi) is 7.76. The van der Waals surface area contributed by atoms with Gasteiger partial charge in [0.15, 0.2) is 0 Å². The molecule has 0 saturated heterocycles. The predicted octanol–water partition coefficient (Wildman–Crippen LogP) is 1.99. The topological polar surface area (TPSA) is 47.3 Å². The molecule has 2 unspecified atom stereocenters. The highest BCUT2D eigenvalue weighted by Gasteiger charge is 2.18. The highest BCUT2D eigenvalue weighted by molar-refractivity contribution is 4.90. The summed E-state index contributed by atoms with van der Waals surface area (Å²) in [5.74, 6) is 5.51. The molecular weight excluding hydrogens is 176 g/mol. The van der Waals surface area contributed by atoms with Gasteiger partial charge in [-0.15, -0.1) is 6.58 Å². The van der Waals surface area contributed by atoms with Crippen LogP contribution in [-0.4, -0.2) is 18.8 Å². The molecule has 0 spiro atoms. The van der Waals surface area contributed by atoms with Gasteiger partial charge in [0.1, 0.15) is 0 Å². The van der Waals surface area contributed by atoms with Gasteiger partial charge in [-0.05, 0) is 33.1 Å². The molecular formula is C11H24N2O. The summed E-state index contributed by atoms with van der Waals surface area (Å²) in [7, 11) is 0. The number of rotatable bonds is 8. The summed E-state index contributed by atoms with van der Waals surface area (Å²) >= 11 is 0. The summed E-state index contributed by atoms with van der Waals surface area (Å²) in [6, 6.07) is 0.233. The van der Waals surface area contributed by atoms with Crippen molar-refractivity contribution in [2.24, 2.45) is 5.84 Å². The Morgan fingerprint density at radius 3 is 2.50 bits per heavy atom. The molecule has 14 heavy (non-hydrogen) atoms. The highest BCUT2D eigenvalue weighted by Crippen LogP contribution is 2.12. The van der Waals surface area contributed by atoms with Crippen molar-refractivity contribution >= 4 is 0 Å². The van der Waals surface area contributed by atoms with Crippen LogP contribution in [0.2, 0.25) is 0 Å². The van der Waals surface area contributed by atoms with Crippen LogP contribution in [0.1, 0.15) is 40.0 Å². The average Bonchev–Trinajstić information content (AvgIpc) is 2.16. The summed E-state index contributed by atoms with van der Waals surface area (Å²) in [6.45, 7) is 10.8. The number of nitrogens with two attached hydrogens (primary N) is 1. The van der Waals surface area contributed by atoms with Crippen molar-refractivity contribution in [2.75, 3.05) is 6.61 Å². The maximum Gasteiger partial charge on any atom is 0.0738 e. The van der Waals surface area contributed by atoms with Gasteiger partial charge in [0.25, 0.3) is 0 Å². The van der Waals surface area contributed by atoms with Crippen LogP contribution in [-0.2, 0) is 4.74 Å². The fourth-order valence-corrected chi connectivity index (χ4v) is 1.51. The maximum absolute atomic E-state index is 5.60. The number of hydrogen-bond donors (Lipinski definition) is 2. The molecule has 0 amide bonds. The second kappa shape index (κ2) is 7.97. The maximum atomic E-state index is 5.60. The Hall–Kier alpha value is -0.380. The first kappa shape index (κ1) is 13.6. The van der Waals surface area contributed by atoms with Crippen LogP contribution in [0.25, 0.3) is 0 Å². The molecule has 0 aromatic rings. The molecule has 0 bridgehead atoms. The van der Waals surface area contributed by atoms with Gasteiger partial charge in [-0.2, -0.15) is 0 Å². The first-order chi connectivity index (χ1) is 6.65. The van der Waals surface area contributed by atoms with Gasteiger partial charge in [0.2, 0.25) is 0 Å². The van der Waals surface area contributed by atoms with Crippen molar-refractivity contribution in [3.8, 4) is 0 Å². The third-order valence-corrected chi connectivity index (χ3v) is 2.33. The molecule has 0 aromatic heterocycles. The smallest absolute Gasteiger partial charge is 0.0738 e. The lowest BCUT2D eigenvalue weighted by Crippen LogP contribution is -2.45. The third kappa shape index (κ3) is 5.37. The predicted molar refractivity (Wildman–Crippen MR) is 60.9 cm³/mol. The molecule has 3 heteroatoms. The van der Waals surface area contributed by atoms with E-state index in [0.29, 0.717) is 0 Å². The van der Waals surface area contributed by atoms with E-state index < -0.39 is 0 Å². The van der Waals surface area contributed by atoms with Crippen LogP contribution in [0.5, 0.6) is 0 Å². The summed E-state index contributed by atoms with van der Waals surface area (Å²) in [6.07, 6.45) is 3.19. The van der Waals surface area contributed by atoms with Gasteiger partial charge in [-0.3, -0.25) is 11.3 Å². The number of hydrazine groups is 1. The summed E-state index contributed by atoms with van der Waals surface area (Å²) in [5.41, 5.74) is 4.02. The average molecular weight is 200 g/mol. The minimum Gasteiger partial charge on any atom is -0.377 e. The SMILES string of the molecule is C=C(C)CCC(NN)C(CC)OCC.